The maximum atomic E-state index is 12.4. The van der Waals surface area contributed by atoms with Crippen molar-refractivity contribution in [1.29, 1.82) is 0 Å². The standard InChI is InChI=1S/C21H20N2O5/c1-25-17-10-15(19-22-20(28-23-19)14-8-9-14)16(21(24)26-2)11-18(17)27-12-13-6-4-3-5-7-13/h3-7,10-11,14H,8-9,12H2,1-2H3. The highest BCUT2D eigenvalue weighted by atomic mass is 16.5. The van der Waals surface area contributed by atoms with Crippen molar-refractivity contribution in [3.63, 3.8) is 0 Å². The van der Waals surface area contributed by atoms with Gasteiger partial charge in [-0.1, -0.05) is 35.5 Å². The predicted octanol–water partition coefficient (Wildman–Crippen LogP) is 3.99. The molecule has 1 saturated carbocycles. The van der Waals surface area contributed by atoms with Crippen LogP contribution in [0, 0.1) is 0 Å². The number of hydrogen-bond donors (Lipinski definition) is 0. The number of carbonyl (C=O) groups excluding carboxylic acids is 1. The van der Waals surface area contributed by atoms with Crippen LogP contribution in [0.5, 0.6) is 11.5 Å². The Balaban J connectivity index is 1.70. The van der Waals surface area contributed by atoms with Crippen molar-refractivity contribution in [2.45, 2.75) is 25.4 Å². The van der Waals surface area contributed by atoms with Crippen LogP contribution in [0.3, 0.4) is 0 Å². The first-order valence-corrected chi connectivity index (χ1v) is 9.00. The molecule has 1 heterocycles. The van der Waals surface area contributed by atoms with E-state index in [2.05, 4.69) is 10.1 Å². The summed E-state index contributed by atoms with van der Waals surface area (Å²) in [4.78, 5) is 16.8. The van der Waals surface area contributed by atoms with Crippen molar-refractivity contribution in [3.8, 4) is 22.9 Å². The molecule has 0 atom stereocenters. The molecule has 1 aliphatic rings. The summed E-state index contributed by atoms with van der Waals surface area (Å²) in [7, 11) is 2.87. The molecule has 0 bridgehead atoms. The zero-order chi connectivity index (χ0) is 19.5. The van der Waals surface area contributed by atoms with E-state index in [1.165, 1.54) is 14.2 Å². The molecule has 0 unspecified atom stereocenters. The van der Waals surface area contributed by atoms with Crippen molar-refractivity contribution in [2.24, 2.45) is 0 Å². The molecule has 7 nitrogen and oxygen atoms in total. The van der Waals surface area contributed by atoms with Crippen molar-refractivity contribution in [3.05, 3.63) is 59.5 Å². The SMILES string of the molecule is COC(=O)c1cc(OCc2ccccc2)c(OC)cc1-c1noc(C2CC2)n1. The molecular formula is C21H20N2O5. The average molecular weight is 380 g/mol. The van der Waals surface area contributed by atoms with Gasteiger partial charge in [-0.25, -0.2) is 4.79 Å². The Bertz CT molecular complexity index is 980. The van der Waals surface area contributed by atoms with E-state index in [1.807, 2.05) is 30.3 Å². The van der Waals surface area contributed by atoms with Crippen LogP contribution in [0.15, 0.2) is 47.0 Å². The smallest absolute Gasteiger partial charge is 0.338 e. The van der Waals surface area contributed by atoms with Gasteiger partial charge in [-0.15, -0.1) is 0 Å². The first-order valence-electron chi connectivity index (χ1n) is 9.00. The third kappa shape index (κ3) is 3.69. The number of ether oxygens (including phenoxy) is 3. The summed E-state index contributed by atoms with van der Waals surface area (Å²) in [5.41, 5.74) is 1.77. The highest BCUT2D eigenvalue weighted by Crippen LogP contribution is 2.41. The number of aromatic nitrogens is 2. The van der Waals surface area contributed by atoms with Crippen LogP contribution < -0.4 is 9.47 Å². The molecule has 7 heteroatoms. The van der Waals surface area contributed by atoms with Gasteiger partial charge >= 0.3 is 5.97 Å². The summed E-state index contributed by atoms with van der Waals surface area (Å²) in [6.07, 6.45) is 2.09. The Labute approximate surface area is 162 Å². The van der Waals surface area contributed by atoms with Gasteiger partial charge in [0.15, 0.2) is 11.5 Å². The van der Waals surface area contributed by atoms with Crippen molar-refractivity contribution >= 4 is 5.97 Å². The highest BCUT2D eigenvalue weighted by molar-refractivity contribution is 5.97. The van der Waals surface area contributed by atoms with E-state index in [0.717, 1.165) is 18.4 Å². The van der Waals surface area contributed by atoms with Gasteiger partial charge in [0.1, 0.15) is 6.61 Å². The van der Waals surface area contributed by atoms with Gasteiger partial charge in [-0.05, 0) is 30.5 Å². The predicted molar refractivity (Wildman–Crippen MR) is 100 cm³/mol. The normalized spacial score (nSPS) is 13.2. The Kier molecular flexibility index (Phi) is 4.97. The minimum Gasteiger partial charge on any atom is -0.493 e. The number of nitrogens with zero attached hydrogens (tertiary/aromatic N) is 2. The summed E-state index contributed by atoms with van der Waals surface area (Å²) in [6, 6.07) is 13.0. The zero-order valence-corrected chi connectivity index (χ0v) is 15.7. The van der Waals surface area contributed by atoms with E-state index >= 15 is 0 Å². The highest BCUT2D eigenvalue weighted by Gasteiger charge is 2.31. The molecule has 0 spiro atoms. The number of rotatable bonds is 7. The van der Waals surface area contributed by atoms with Crippen LogP contribution in [-0.4, -0.2) is 30.3 Å². The maximum Gasteiger partial charge on any atom is 0.338 e. The quantitative estimate of drug-likeness (QED) is 0.573. The monoisotopic (exact) mass is 380 g/mol. The summed E-state index contributed by atoms with van der Waals surface area (Å²) in [5, 5.41) is 4.03. The van der Waals surface area contributed by atoms with Crippen LogP contribution in [0.25, 0.3) is 11.4 Å². The molecular weight excluding hydrogens is 360 g/mol. The molecule has 0 aliphatic heterocycles. The third-order valence-corrected chi connectivity index (χ3v) is 4.56. The van der Waals surface area contributed by atoms with Crippen LogP contribution >= 0.6 is 0 Å². The van der Waals surface area contributed by atoms with Gasteiger partial charge in [-0.3, -0.25) is 0 Å². The molecule has 0 saturated heterocycles. The van der Waals surface area contributed by atoms with Crippen molar-refractivity contribution in [1.82, 2.24) is 10.1 Å². The first kappa shape index (κ1) is 18.0. The molecule has 0 amide bonds. The molecule has 1 aromatic heterocycles. The molecule has 1 fully saturated rings. The molecule has 144 valence electrons. The Morgan fingerprint density at radius 3 is 2.61 bits per heavy atom. The van der Waals surface area contributed by atoms with E-state index in [4.69, 9.17) is 18.7 Å². The number of methoxy groups -OCH3 is 2. The second kappa shape index (κ2) is 7.72. The lowest BCUT2D eigenvalue weighted by molar-refractivity contribution is 0.0601. The summed E-state index contributed by atoms with van der Waals surface area (Å²) >= 11 is 0. The molecule has 4 rings (SSSR count). The molecule has 3 aromatic rings. The lowest BCUT2D eigenvalue weighted by atomic mass is 10.1. The lowest BCUT2D eigenvalue weighted by Gasteiger charge is -2.14. The van der Waals surface area contributed by atoms with Crippen LogP contribution in [-0.2, 0) is 11.3 Å². The molecule has 0 N–H and O–H groups in total. The molecule has 0 radical (unpaired) electrons. The second-order valence-corrected chi connectivity index (χ2v) is 6.55. The number of esters is 1. The van der Waals surface area contributed by atoms with Gasteiger partial charge in [-0.2, -0.15) is 4.98 Å². The van der Waals surface area contributed by atoms with Gasteiger partial charge in [0.25, 0.3) is 0 Å². The summed E-state index contributed by atoms with van der Waals surface area (Å²) in [6.45, 7) is 0.338. The Hall–Kier alpha value is -3.35. The summed E-state index contributed by atoms with van der Waals surface area (Å²) in [5.74, 6) is 1.63. The Morgan fingerprint density at radius 1 is 1.14 bits per heavy atom. The summed E-state index contributed by atoms with van der Waals surface area (Å²) < 4.78 is 21.6. The number of hydrogen-bond acceptors (Lipinski definition) is 7. The molecule has 1 aliphatic carbocycles. The van der Waals surface area contributed by atoms with E-state index < -0.39 is 5.97 Å². The lowest BCUT2D eigenvalue weighted by Crippen LogP contribution is -2.07. The van der Waals surface area contributed by atoms with Crippen LogP contribution in [0.1, 0.15) is 40.6 Å². The fourth-order valence-electron chi connectivity index (χ4n) is 2.87. The van der Waals surface area contributed by atoms with E-state index in [9.17, 15) is 4.79 Å². The van der Waals surface area contributed by atoms with Gasteiger partial charge in [0.2, 0.25) is 11.7 Å². The van der Waals surface area contributed by atoms with Gasteiger partial charge < -0.3 is 18.7 Å². The second-order valence-electron chi connectivity index (χ2n) is 6.55. The van der Waals surface area contributed by atoms with Crippen molar-refractivity contribution in [2.75, 3.05) is 14.2 Å². The first-order chi connectivity index (χ1) is 13.7. The van der Waals surface area contributed by atoms with Crippen LogP contribution in [0.2, 0.25) is 0 Å². The average Bonchev–Trinajstić information content (AvgIpc) is 3.48. The Morgan fingerprint density at radius 2 is 1.93 bits per heavy atom. The van der Waals surface area contributed by atoms with E-state index in [1.54, 1.807) is 12.1 Å². The molecule has 2 aromatic carbocycles. The van der Waals surface area contributed by atoms with E-state index in [0.29, 0.717) is 41.3 Å². The van der Waals surface area contributed by atoms with Gasteiger partial charge in [0.05, 0.1) is 19.8 Å². The van der Waals surface area contributed by atoms with Crippen LogP contribution in [0.4, 0.5) is 0 Å². The minimum absolute atomic E-state index is 0.287. The van der Waals surface area contributed by atoms with E-state index in [-0.39, 0.29) is 5.56 Å². The minimum atomic E-state index is -0.514. The topological polar surface area (TPSA) is 83.7 Å². The maximum absolute atomic E-state index is 12.4. The zero-order valence-electron chi connectivity index (χ0n) is 15.7. The number of carbonyl (C=O) groups is 1. The molecule has 28 heavy (non-hydrogen) atoms. The van der Waals surface area contributed by atoms with Gasteiger partial charge in [0, 0.05) is 11.5 Å². The number of benzene rings is 2. The third-order valence-electron chi connectivity index (χ3n) is 4.56. The largest absolute Gasteiger partial charge is 0.493 e. The van der Waals surface area contributed by atoms with Crippen molar-refractivity contribution < 1.29 is 23.5 Å². The fourth-order valence-corrected chi connectivity index (χ4v) is 2.87. The fraction of sp³-hybridized carbons (Fsp3) is 0.286.